The van der Waals surface area contributed by atoms with E-state index in [9.17, 15) is 4.79 Å². The molecule has 0 rings (SSSR count). The molecule has 0 aromatic heterocycles. The fraction of sp³-hybridized carbons (Fsp3) is 0.900. The quantitative estimate of drug-likeness (QED) is 0.396. The van der Waals surface area contributed by atoms with E-state index in [-0.39, 0.29) is 36.8 Å². The monoisotopic (exact) mass is 338 g/mol. The van der Waals surface area contributed by atoms with Crippen LogP contribution in [-0.2, 0) is 9.53 Å². The van der Waals surface area contributed by atoms with E-state index in [2.05, 4.69) is 0 Å². The lowest BCUT2D eigenvalue weighted by Crippen LogP contribution is -2.31. The van der Waals surface area contributed by atoms with Gasteiger partial charge in [0.2, 0.25) is 0 Å². The Kier molecular flexibility index (Phi) is 20.7. The van der Waals surface area contributed by atoms with Gasteiger partial charge in [0, 0.05) is 0 Å². The third-order valence-corrected chi connectivity index (χ3v) is 4.36. The van der Waals surface area contributed by atoms with Gasteiger partial charge in [0.15, 0.2) is 0 Å². The molecule has 8 heteroatoms. The lowest BCUT2D eigenvalue weighted by Gasteiger charge is -2.21. The highest BCUT2D eigenvalue weighted by Gasteiger charge is 2.21. The molecule has 0 amide bonds. The number of nitrogens with zero attached hydrogens (tertiary/aromatic N) is 1. The standard InChI is InChI=1S/C10H22N2O2S2.2ClH/c1-9(12(15-2)16-3)10(13)14-8-6-4-5-7-11;;/h9H,4-8,11H2,1-3H3;2*1H/t9-;;/m0../s1. The van der Waals surface area contributed by atoms with Gasteiger partial charge in [-0.1, -0.05) is 23.9 Å². The van der Waals surface area contributed by atoms with Crippen molar-refractivity contribution in [3.05, 3.63) is 0 Å². The number of carbonyl (C=O) groups is 1. The van der Waals surface area contributed by atoms with Gasteiger partial charge in [-0.3, -0.25) is 4.79 Å². The van der Waals surface area contributed by atoms with Gasteiger partial charge >= 0.3 is 5.97 Å². The molecule has 0 unspecified atom stereocenters. The first-order chi connectivity index (χ1) is 7.67. The molecule has 0 saturated carbocycles. The van der Waals surface area contributed by atoms with Gasteiger partial charge in [-0.25, -0.2) is 0 Å². The minimum atomic E-state index is -0.209. The lowest BCUT2D eigenvalue weighted by molar-refractivity contribution is -0.146. The maximum Gasteiger partial charge on any atom is 0.325 e. The summed E-state index contributed by atoms with van der Waals surface area (Å²) in [7, 11) is 0. The van der Waals surface area contributed by atoms with Crippen LogP contribution in [0.2, 0.25) is 0 Å². The zero-order valence-electron chi connectivity index (χ0n) is 11.1. The van der Waals surface area contributed by atoms with Crippen LogP contribution in [0.4, 0.5) is 0 Å². The zero-order valence-corrected chi connectivity index (χ0v) is 14.4. The molecule has 1 atom stereocenters. The van der Waals surface area contributed by atoms with Gasteiger partial charge in [-0.05, 0) is 45.2 Å². The Morgan fingerprint density at radius 1 is 1.22 bits per heavy atom. The number of ether oxygens (including phenoxy) is 1. The van der Waals surface area contributed by atoms with Crippen molar-refractivity contribution in [3.63, 3.8) is 0 Å². The highest BCUT2D eigenvalue weighted by Crippen LogP contribution is 2.21. The molecule has 0 aliphatic carbocycles. The summed E-state index contributed by atoms with van der Waals surface area (Å²) < 4.78 is 7.11. The maximum absolute atomic E-state index is 11.6. The van der Waals surface area contributed by atoms with E-state index < -0.39 is 0 Å². The summed E-state index contributed by atoms with van der Waals surface area (Å²) in [6.07, 6.45) is 6.80. The summed E-state index contributed by atoms with van der Waals surface area (Å²) in [5.74, 6) is -0.156. The first-order valence-corrected chi connectivity index (χ1v) is 7.77. The average molecular weight is 339 g/mol. The van der Waals surface area contributed by atoms with Crippen molar-refractivity contribution in [1.82, 2.24) is 3.71 Å². The molecule has 0 aromatic carbocycles. The molecular weight excluding hydrogens is 315 g/mol. The predicted molar refractivity (Wildman–Crippen MR) is 86.7 cm³/mol. The van der Waals surface area contributed by atoms with Crippen molar-refractivity contribution in [1.29, 1.82) is 0 Å². The number of hydrogen-bond acceptors (Lipinski definition) is 6. The van der Waals surface area contributed by atoms with Crippen molar-refractivity contribution in [3.8, 4) is 0 Å². The summed E-state index contributed by atoms with van der Waals surface area (Å²) in [5.41, 5.74) is 5.37. The van der Waals surface area contributed by atoms with Gasteiger partial charge in [-0.15, -0.1) is 24.8 Å². The Morgan fingerprint density at radius 2 is 1.78 bits per heavy atom. The van der Waals surface area contributed by atoms with E-state index in [4.69, 9.17) is 10.5 Å². The van der Waals surface area contributed by atoms with Crippen molar-refractivity contribution in [2.24, 2.45) is 5.73 Å². The lowest BCUT2D eigenvalue weighted by atomic mass is 10.2. The molecule has 0 spiro atoms. The Bertz CT molecular complexity index is 199. The van der Waals surface area contributed by atoms with Crippen molar-refractivity contribution in [2.75, 3.05) is 25.7 Å². The van der Waals surface area contributed by atoms with E-state index >= 15 is 0 Å². The third kappa shape index (κ3) is 10.6. The number of carbonyl (C=O) groups excluding carboxylic acids is 1. The molecule has 0 saturated heterocycles. The van der Waals surface area contributed by atoms with Crippen LogP contribution in [0.3, 0.4) is 0 Å². The molecular formula is C10H24Cl2N2O2S2. The summed E-state index contributed by atoms with van der Waals surface area (Å²) in [5, 5.41) is 0. The van der Waals surface area contributed by atoms with E-state index in [1.54, 1.807) is 0 Å². The van der Waals surface area contributed by atoms with Gasteiger partial charge < -0.3 is 10.5 Å². The van der Waals surface area contributed by atoms with Crippen LogP contribution >= 0.6 is 48.7 Å². The number of unbranched alkanes of at least 4 members (excludes halogenated alkanes) is 2. The van der Waals surface area contributed by atoms with Crippen LogP contribution in [0.25, 0.3) is 0 Å². The molecule has 0 heterocycles. The molecule has 0 fully saturated rings. The van der Waals surface area contributed by atoms with E-state index in [0.717, 1.165) is 19.3 Å². The Hall–Kier alpha value is 0.670. The topological polar surface area (TPSA) is 55.6 Å². The van der Waals surface area contributed by atoms with E-state index in [1.807, 2.05) is 23.1 Å². The second-order valence-corrected chi connectivity index (χ2v) is 5.09. The number of esters is 1. The predicted octanol–water partition coefficient (Wildman–Crippen LogP) is 2.75. The van der Waals surface area contributed by atoms with Crippen LogP contribution in [0.15, 0.2) is 0 Å². The van der Waals surface area contributed by atoms with E-state index in [0.29, 0.717) is 13.2 Å². The minimum absolute atomic E-state index is 0. The van der Waals surface area contributed by atoms with Gasteiger partial charge in [0.05, 0.1) is 6.61 Å². The van der Waals surface area contributed by atoms with Crippen LogP contribution in [0, 0.1) is 0 Å². The summed E-state index contributed by atoms with van der Waals surface area (Å²) in [4.78, 5) is 11.6. The second-order valence-electron chi connectivity index (χ2n) is 3.34. The summed E-state index contributed by atoms with van der Waals surface area (Å²) in [6.45, 7) is 3.06. The molecule has 0 aromatic rings. The SMILES string of the molecule is CSN(SC)[C@@H](C)C(=O)OCCCCCN.Cl.Cl. The molecule has 0 aliphatic rings. The fourth-order valence-corrected chi connectivity index (χ4v) is 2.59. The molecule has 0 radical (unpaired) electrons. The first kappa shape index (κ1) is 23.7. The van der Waals surface area contributed by atoms with Crippen LogP contribution in [0.1, 0.15) is 26.2 Å². The molecule has 2 N–H and O–H groups in total. The number of rotatable bonds is 9. The zero-order chi connectivity index (χ0) is 12.4. The molecule has 112 valence electrons. The Morgan fingerprint density at radius 3 is 2.22 bits per heavy atom. The highest BCUT2D eigenvalue weighted by atomic mass is 35.5. The summed E-state index contributed by atoms with van der Waals surface area (Å²) >= 11 is 3.07. The van der Waals surface area contributed by atoms with Crippen molar-refractivity contribution >= 4 is 54.7 Å². The molecule has 18 heavy (non-hydrogen) atoms. The fourth-order valence-electron chi connectivity index (χ4n) is 1.19. The highest BCUT2D eigenvalue weighted by molar-refractivity contribution is 8.11. The number of nitrogens with two attached hydrogens (primary N) is 1. The summed E-state index contributed by atoms with van der Waals surface area (Å²) in [6, 6.07) is -0.209. The van der Waals surface area contributed by atoms with Crippen LogP contribution < -0.4 is 5.73 Å². The van der Waals surface area contributed by atoms with Crippen molar-refractivity contribution < 1.29 is 9.53 Å². The number of halogens is 2. The average Bonchev–Trinajstić information content (AvgIpc) is 2.30. The van der Waals surface area contributed by atoms with Crippen LogP contribution in [-0.4, -0.2) is 41.4 Å². The van der Waals surface area contributed by atoms with Gasteiger partial charge in [0.25, 0.3) is 0 Å². The first-order valence-electron chi connectivity index (χ1n) is 5.41. The Balaban J connectivity index is -0.00000112. The minimum Gasteiger partial charge on any atom is -0.464 e. The number of hydrogen-bond donors (Lipinski definition) is 1. The third-order valence-electron chi connectivity index (χ3n) is 2.11. The second kappa shape index (κ2) is 15.7. The largest absolute Gasteiger partial charge is 0.464 e. The molecule has 4 nitrogen and oxygen atoms in total. The van der Waals surface area contributed by atoms with E-state index in [1.165, 1.54) is 23.9 Å². The molecule has 0 bridgehead atoms. The maximum atomic E-state index is 11.6. The van der Waals surface area contributed by atoms with Crippen LogP contribution in [0.5, 0.6) is 0 Å². The molecule has 0 aliphatic heterocycles. The van der Waals surface area contributed by atoms with Gasteiger partial charge in [0.1, 0.15) is 6.04 Å². The normalized spacial score (nSPS) is 11.4. The van der Waals surface area contributed by atoms with Gasteiger partial charge in [-0.2, -0.15) is 3.71 Å². The van der Waals surface area contributed by atoms with Crippen molar-refractivity contribution in [2.45, 2.75) is 32.2 Å². The Labute approximate surface area is 131 Å². The smallest absolute Gasteiger partial charge is 0.325 e.